The van der Waals surface area contributed by atoms with Gasteiger partial charge in [0.15, 0.2) is 0 Å². The van der Waals surface area contributed by atoms with E-state index in [4.69, 9.17) is 15.6 Å². The SMILES string of the molecule is CC[C@H](Cn1ccc2cnc(N/C(C=N)=C/N[C@@H](CCO)C(=O)O)nc21)C(C)C. The van der Waals surface area contributed by atoms with E-state index >= 15 is 0 Å². The number of hydrogen-bond donors (Lipinski definition) is 5. The monoisotopic (exact) mass is 402 g/mol. The number of hydrogen-bond acceptors (Lipinski definition) is 7. The lowest BCUT2D eigenvalue weighted by molar-refractivity contribution is -0.139. The number of carbonyl (C=O) groups is 1. The van der Waals surface area contributed by atoms with E-state index in [1.165, 1.54) is 6.20 Å². The third-order valence-corrected chi connectivity index (χ3v) is 4.97. The van der Waals surface area contributed by atoms with E-state index in [-0.39, 0.29) is 13.0 Å². The van der Waals surface area contributed by atoms with Crippen LogP contribution in [0.5, 0.6) is 0 Å². The van der Waals surface area contributed by atoms with E-state index in [2.05, 4.69) is 45.9 Å². The first-order valence-corrected chi connectivity index (χ1v) is 9.78. The lowest BCUT2D eigenvalue weighted by Crippen LogP contribution is -2.34. The average molecular weight is 402 g/mol. The molecule has 29 heavy (non-hydrogen) atoms. The van der Waals surface area contributed by atoms with Crippen molar-refractivity contribution in [2.24, 2.45) is 11.8 Å². The van der Waals surface area contributed by atoms with Gasteiger partial charge in [-0.25, -0.2) is 9.78 Å². The van der Waals surface area contributed by atoms with Crippen LogP contribution in [0, 0.1) is 17.2 Å². The minimum Gasteiger partial charge on any atom is -0.480 e. The molecule has 0 spiro atoms. The van der Waals surface area contributed by atoms with Crippen LogP contribution in [0.2, 0.25) is 0 Å². The van der Waals surface area contributed by atoms with Crippen molar-refractivity contribution in [3.05, 3.63) is 30.4 Å². The van der Waals surface area contributed by atoms with Gasteiger partial charge in [0.2, 0.25) is 5.95 Å². The van der Waals surface area contributed by atoms with Gasteiger partial charge >= 0.3 is 5.97 Å². The van der Waals surface area contributed by atoms with Gasteiger partial charge < -0.3 is 30.8 Å². The Morgan fingerprint density at radius 2 is 2.17 bits per heavy atom. The summed E-state index contributed by atoms with van der Waals surface area (Å²) >= 11 is 0. The first kappa shape index (κ1) is 22.4. The van der Waals surface area contributed by atoms with Crippen molar-refractivity contribution >= 4 is 29.2 Å². The summed E-state index contributed by atoms with van der Waals surface area (Å²) in [5, 5.41) is 32.2. The number of allylic oxidation sites excluding steroid dienone is 1. The summed E-state index contributed by atoms with van der Waals surface area (Å²) < 4.78 is 2.12. The van der Waals surface area contributed by atoms with E-state index < -0.39 is 12.0 Å². The molecule has 0 saturated heterocycles. The predicted molar refractivity (Wildman–Crippen MR) is 113 cm³/mol. The highest BCUT2D eigenvalue weighted by Gasteiger charge is 2.16. The van der Waals surface area contributed by atoms with Gasteiger partial charge in [-0.2, -0.15) is 4.98 Å². The Morgan fingerprint density at radius 1 is 1.41 bits per heavy atom. The highest BCUT2D eigenvalue weighted by atomic mass is 16.4. The van der Waals surface area contributed by atoms with Gasteiger partial charge in [-0.05, 0) is 17.9 Å². The zero-order chi connectivity index (χ0) is 21.4. The number of rotatable bonds is 12. The molecule has 0 bridgehead atoms. The Balaban J connectivity index is 2.20. The highest BCUT2D eigenvalue weighted by Crippen LogP contribution is 2.21. The van der Waals surface area contributed by atoms with Crippen LogP contribution in [0.25, 0.3) is 11.0 Å². The second-order valence-electron chi connectivity index (χ2n) is 7.29. The van der Waals surface area contributed by atoms with Crippen LogP contribution in [-0.2, 0) is 11.3 Å². The van der Waals surface area contributed by atoms with Gasteiger partial charge in [0, 0.05) is 49.8 Å². The van der Waals surface area contributed by atoms with Crippen molar-refractivity contribution in [2.75, 3.05) is 11.9 Å². The van der Waals surface area contributed by atoms with Crippen LogP contribution in [0.1, 0.15) is 33.6 Å². The first-order valence-electron chi connectivity index (χ1n) is 9.78. The van der Waals surface area contributed by atoms with E-state index in [0.717, 1.165) is 30.2 Å². The van der Waals surface area contributed by atoms with E-state index in [9.17, 15) is 4.79 Å². The summed E-state index contributed by atoms with van der Waals surface area (Å²) in [4.78, 5) is 20.0. The Kier molecular flexibility index (Phi) is 8.14. The summed E-state index contributed by atoms with van der Waals surface area (Å²) in [6, 6.07) is 1.03. The molecule has 0 unspecified atom stereocenters. The fraction of sp³-hybridized carbons (Fsp3) is 0.500. The zero-order valence-electron chi connectivity index (χ0n) is 17.1. The number of carboxylic acid groups (broad SMARTS) is 1. The zero-order valence-corrected chi connectivity index (χ0v) is 17.1. The summed E-state index contributed by atoms with van der Waals surface area (Å²) in [7, 11) is 0. The predicted octanol–water partition coefficient (Wildman–Crippen LogP) is 2.44. The number of aromatic nitrogens is 3. The molecule has 0 fully saturated rings. The summed E-state index contributed by atoms with van der Waals surface area (Å²) in [6.45, 7) is 7.24. The third-order valence-electron chi connectivity index (χ3n) is 4.97. The van der Waals surface area contributed by atoms with Gasteiger partial charge in [-0.15, -0.1) is 0 Å². The number of carboxylic acids is 1. The molecule has 9 nitrogen and oxygen atoms in total. The summed E-state index contributed by atoms with van der Waals surface area (Å²) in [6.07, 6.45) is 7.29. The summed E-state index contributed by atoms with van der Waals surface area (Å²) in [5.41, 5.74) is 1.11. The number of nitrogens with zero attached hydrogens (tertiary/aromatic N) is 3. The Morgan fingerprint density at radius 3 is 2.76 bits per heavy atom. The van der Waals surface area contributed by atoms with Crippen LogP contribution in [-0.4, -0.2) is 49.6 Å². The molecule has 0 saturated carbocycles. The standard InChI is InChI=1S/C20H30N6O3/c1-4-14(13(2)3)12-26-7-5-15-10-23-20(25-18(15)26)24-16(9-21)11-22-17(6-8-27)19(28)29/h5,7,9-11,13-14,17,21-22,27H,4,6,8,12H2,1-3H3,(H,28,29)(H,23,24,25)/b16-11+,21-9?/t14-,17+/m1/s1. The first-order chi connectivity index (χ1) is 13.9. The molecule has 2 aromatic heterocycles. The molecule has 0 aliphatic heterocycles. The van der Waals surface area contributed by atoms with Crippen LogP contribution in [0.15, 0.2) is 30.4 Å². The number of aliphatic carboxylic acids is 1. The quantitative estimate of drug-likeness (QED) is 0.344. The molecule has 5 N–H and O–H groups in total. The molecule has 0 amide bonds. The minimum absolute atomic E-state index is 0.0571. The van der Waals surface area contributed by atoms with E-state index in [1.807, 2.05) is 12.3 Å². The van der Waals surface area contributed by atoms with Gasteiger partial charge in [-0.3, -0.25) is 0 Å². The Labute approximate surface area is 170 Å². The second-order valence-corrected chi connectivity index (χ2v) is 7.29. The molecule has 158 valence electrons. The van der Waals surface area contributed by atoms with Crippen molar-refractivity contribution in [2.45, 2.75) is 46.2 Å². The molecule has 9 heteroatoms. The number of fused-ring (bicyclic) bond motifs is 1. The van der Waals surface area contributed by atoms with Gasteiger partial charge in [0.05, 0.1) is 5.70 Å². The topological polar surface area (TPSA) is 136 Å². The number of nitrogens with one attached hydrogen (secondary N) is 3. The fourth-order valence-electron chi connectivity index (χ4n) is 3.08. The molecule has 2 aromatic rings. The normalized spacial score (nSPS) is 14.0. The summed E-state index contributed by atoms with van der Waals surface area (Å²) in [5.74, 6) is 0.348. The average Bonchev–Trinajstić information content (AvgIpc) is 3.09. The molecule has 0 radical (unpaired) electrons. The third kappa shape index (κ3) is 6.02. The maximum Gasteiger partial charge on any atom is 0.326 e. The maximum atomic E-state index is 11.2. The van der Waals surface area contributed by atoms with Crippen molar-refractivity contribution in [3.8, 4) is 0 Å². The van der Waals surface area contributed by atoms with Crippen LogP contribution >= 0.6 is 0 Å². The molecule has 2 rings (SSSR count). The second kappa shape index (κ2) is 10.6. The van der Waals surface area contributed by atoms with Crippen LogP contribution in [0.4, 0.5) is 5.95 Å². The van der Waals surface area contributed by atoms with Crippen molar-refractivity contribution in [3.63, 3.8) is 0 Å². The lowest BCUT2D eigenvalue weighted by atomic mass is 9.93. The highest BCUT2D eigenvalue weighted by molar-refractivity contribution is 5.81. The molecular formula is C20H30N6O3. The van der Waals surface area contributed by atoms with Gasteiger partial charge in [0.25, 0.3) is 0 Å². The lowest BCUT2D eigenvalue weighted by Gasteiger charge is -2.20. The maximum absolute atomic E-state index is 11.2. The molecule has 0 aliphatic carbocycles. The van der Waals surface area contributed by atoms with Gasteiger partial charge in [0.1, 0.15) is 11.7 Å². The molecule has 2 heterocycles. The van der Waals surface area contributed by atoms with E-state index in [0.29, 0.717) is 23.5 Å². The van der Waals surface area contributed by atoms with Crippen molar-refractivity contribution < 1.29 is 15.0 Å². The largest absolute Gasteiger partial charge is 0.480 e. The Hall–Kier alpha value is -2.94. The Bertz CT molecular complexity index is 861. The molecule has 0 aromatic carbocycles. The molecular weight excluding hydrogens is 372 g/mol. The van der Waals surface area contributed by atoms with Gasteiger partial charge in [-0.1, -0.05) is 27.2 Å². The van der Waals surface area contributed by atoms with Crippen molar-refractivity contribution in [1.29, 1.82) is 5.41 Å². The molecule has 2 atom stereocenters. The number of anilines is 1. The van der Waals surface area contributed by atoms with Crippen LogP contribution in [0.3, 0.4) is 0 Å². The minimum atomic E-state index is -1.08. The van der Waals surface area contributed by atoms with Crippen LogP contribution < -0.4 is 10.6 Å². The van der Waals surface area contributed by atoms with E-state index in [1.54, 1.807) is 6.20 Å². The smallest absolute Gasteiger partial charge is 0.326 e. The number of aliphatic hydroxyl groups excluding tert-OH is 1. The fourth-order valence-corrected chi connectivity index (χ4v) is 3.08. The molecule has 0 aliphatic rings. The number of aliphatic hydroxyl groups is 1. The van der Waals surface area contributed by atoms with Crippen molar-refractivity contribution in [1.82, 2.24) is 19.9 Å².